The third-order valence-electron chi connectivity index (χ3n) is 3.99. The maximum Gasteiger partial charge on any atom is 0.187 e. The molecule has 0 radical (unpaired) electrons. The van der Waals surface area contributed by atoms with Crippen LogP contribution < -0.4 is 5.43 Å². The molecule has 1 aliphatic rings. The fourth-order valence-corrected chi connectivity index (χ4v) is 2.72. The Morgan fingerprint density at radius 2 is 2.26 bits per heavy atom. The van der Waals surface area contributed by atoms with Crippen molar-refractivity contribution >= 4 is 0 Å². The van der Waals surface area contributed by atoms with E-state index >= 15 is 0 Å². The highest BCUT2D eigenvalue weighted by molar-refractivity contribution is 5.23. The Bertz CT molecular complexity index is 482. The minimum Gasteiger partial charge on any atom is -0.380 e. The Morgan fingerprint density at radius 1 is 1.47 bits per heavy atom. The standard InChI is InChI=1S/C15H24N2O2/c1-4-19-10-13-6-5-7-17(13)9-14-12(3)15(18)11(2)8-16-14/h8,13H,4-7,9-10H2,1-3H3,(H,16,18)/t13-/m0/s1. The number of aryl methyl sites for hydroxylation is 1. The van der Waals surface area contributed by atoms with Gasteiger partial charge in [-0.25, -0.2) is 0 Å². The van der Waals surface area contributed by atoms with E-state index in [0.29, 0.717) is 6.04 Å². The first-order valence-electron chi connectivity index (χ1n) is 7.13. The number of aromatic nitrogens is 1. The number of aromatic amines is 1. The molecule has 2 rings (SSSR count). The number of nitrogens with one attached hydrogen (secondary N) is 1. The molecule has 1 aromatic rings. The second-order valence-electron chi connectivity index (χ2n) is 5.33. The molecule has 1 fully saturated rings. The van der Waals surface area contributed by atoms with Gasteiger partial charge in [-0.05, 0) is 40.2 Å². The fraction of sp³-hybridized carbons (Fsp3) is 0.667. The lowest BCUT2D eigenvalue weighted by Gasteiger charge is -2.24. The van der Waals surface area contributed by atoms with E-state index in [2.05, 4.69) is 9.88 Å². The second-order valence-corrected chi connectivity index (χ2v) is 5.33. The van der Waals surface area contributed by atoms with Gasteiger partial charge in [0.25, 0.3) is 0 Å². The Morgan fingerprint density at radius 3 is 3.00 bits per heavy atom. The number of rotatable bonds is 5. The Kier molecular flexibility index (Phi) is 4.77. The molecule has 1 aliphatic heterocycles. The van der Waals surface area contributed by atoms with Gasteiger partial charge in [-0.1, -0.05) is 0 Å². The molecule has 0 bridgehead atoms. The Balaban J connectivity index is 2.08. The summed E-state index contributed by atoms with van der Waals surface area (Å²) in [7, 11) is 0. The quantitative estimate of drug-likeness (QED) is 0.884. The van der Waals surface area contributed by atoms with Gasteiger partial charge < -0.3 is 9.72 Å². The normalized spacial score (nSPS) is 20.1. The zero-order valence-electron chi connectivity index (χ0n) is 12.2. The summed E-state index contributed by atoms with van der Waals surface area (Å²) in [5, 5.41) is 0. The van der Waals surface area contributed by atoms with E-state index in [0.717, 1.165) is 43.1 Å². The second kappa shape index (κ2) is 6.35. The van der Waals surface area contributed by atoms with Crippen molar-refractivity contribution in [3.63, 3.8) is 0 Å². The zero-order chi connectivity index (χ0) is 13.8. The number of pyridine rings is 1. The van der Waals surface area contributed by atoms with Gasteiger partial charge in [0, 0.05) is 42.2 Å². The number of nitrogens with zero attached hydrogens (tertiary/aromatic N) is 1. The highest BCUT2D eigenvalue weighted by Gasteiger charge is 2.25. The van der Waals surface area contributed by atoms with E-state index in [-0.39, 0.29) is 5.43 Å². The summed E-state index contributed by atoms with van der Waals surface area (Å²) in [4.78, 5) is 17.6. The summed E-state index contributed by atoms with van der Waals surface area (Å²) < 4.78 is 5.54. The molecule has 4 nitrogen and oxygen atoms in total. The van der Waals surface area contributed by atoms with Crippen LogP contribution in [-0.2, 0) is 11.3 Å². The molecular formula is C15H24N2O2. The first kappa shape index (κ1) is 14.3. The number of hydrogen-bond acceptors (Lipinski definition) is 3. The van der Waals surface area contributed by atoms with E-state index in [4.69, 9.17) is 4.74 Å². The van der Waals surface area contributed by atoms with Crippen LogP contribution in [-0.4, -0.2) is 35.7 Å². The molecule has 4 heteroatoms. The van der Waals surface area contributed by atoms with Crippen LogP contribution in [0.3, 0.4) is 0 Å². The fourth-order valence-electron chi connectivity index (χ4n) is 2.72. The van der Waals surface area contributed by atoms with Crippen LogP contribution >= 0.6 is 0 Å². The average Bonchev–Trinajstić information content (AvgIpc) is 2.84. The summed E-state index contributed by atoms with van der Waals surface area (Å²) >= 11 is 0. The third-order valence-corrected chi connectivity index (χ3v) is 3.99. The highest BCUT2D eigenvalue weighted by Crippen LogP contribution is 2.20. The summed E-state index contributed by atoms with van der Waals surface area (Å²) in [6, 6.07) is 0.490. The third kappa shape index (κ3) is 3.25. The minimum absolute atomic E-state index is 0.161. The number of likely N-dealkylation sites (tertiary alicyclic amines) is 1. The zero-order valence-corrected chi connectivity index (χ0v) is 12.2. The van der Waals surface area contributed by atoms with Crippen molar-refractivity contribution in [2.75, 3.05) is 19.8 Å². The summed E-state index contributed by atoms with van der Waals surface area (Å²) in [6.07, 6.45) is 4.22. The van der Waals surface area contributed by atoms with Crippen LogP contribution in [0.25, 0.3) is 0 Å². The molecule has 0 spiro atoms. The van der Waals surface area contributed by atoms with Crippen molar-refractivity contribution in [1.29, 1.82) is 0 Å². The van der Waals surface area contributed by atoms with Crippen LogP contribution in [0.2, 0.25) is 0 Å². The predicted molar refractivity (Wildman–Crippen MR) is 76.5 cm³/mol. The Hall–Kier alpha value is -1.13. The van der Waals surface area contributed by atoms with E-state index in [1.165, 1.54) is 12.8 Å². The van der Waals surface area contributed by atoms with E-state index < -0.39 is 0 Å². The minimum atomic E-state index is 0.161. The van der Waals surface area contributed by atoms with Gasteiger partial charge in [-0.15, -0.1) is 0 Å². The van der Waals surface area contributed by atoms with Gasteiger partial charge in [0.2, 0.25) is 0 Å². The van der Waals surface area contributed by atoms with Gasteiger partial charge >= 0.3 is 0 Å². The topological polar surface area (TPSA) is 45.3 Å². The molecular weight excluding hydrogens is 240 g/mol. The largest absolute Gasteiger partial charge is 0.380 e. The number of hydrogen-bond donors (Lipinski definition) is 1. The van der Waals surface area contributed by atoms with E-state index in [1.807, 2.05) is 27.0 Å². The van der Waals surface area contributed by atoms with Crippen LogP contribution in [0, 0.1) is 13.8 Å². The predicted octanol–water partition coefficient (Wildman–Crippen LogP) is 1.99. The SMILES string of the molecule is CCOC[C@@H]1CCCN1Cc1[nH]cc(C)c(=O)c1C. The molecule has 0 amide bonds. The lowest BCUT2D eigenvalue weighted by molar-refractivity contribution is 0.0818. The average molecular weight is 264 g/mol. The van der Waals surface area contributed by atoms with Gasteiger partial charge in [-0.2, -0.15) is 0 Å². The van der Waals surface area contributed by atoms with Crippen LogP contribution in [0.15, 0.2) is 11.0 Å². The lowest BCUT2D eigenvalue weighted by atomic mass is 10.1. The van der Waals surface area contributed by atoms with Crippen molar-refractivity contribution in [3.05, 3.63) is 33.2 Å². The molecule has 1 atom stereocenters. The summed E-state index contributed by atoms with van der Waals surface area (Å²) in [5.74, 6) is 0. The summed E-state index contributed by atoms with van der Waals surface area (Å²) in [5.41, 5.74) is 2.84. The van der Waals surface area contributed by atoms with Gasteiger partial charge in [0.1, 0.15) is 0 Å². The monoisotopic (exact) mass is 264 g/mol. The van der Waals surface area contributed by atoms with Crippen LogP contribution in [0.4, 0.5) is 0 Å². The highest BCUT2D eigenvalue weighted by atomic mass is 16.5. The summed E-state index contributed by atoms with van der Waals surface area (Å²) in [6.45, 7) is 9.27. The molecule has 1 N–H and O–H groups in total. The molecule has 106 valence electrons. The lowest BCUT2D eigenvalue weighted by Crippen LogP contribution is -2.33. The number of ether oxygens (including phenoxy) is 1. The molecule has 1 saturated heterocycles. The van der Waals surface area contributed by atoms with E-state index in [1.54, 1.807) is 0 Å². The van der Waals surface area contributed by atoms with Crippen LogP contribution in [0.5, 0.6) is 0 Å². The molecule has 0 saturated carbocycles. The molecule has 19 heavy (non-hydrogen) atoms. The van der Waals surface area contributed by atoms with Crippen molar-refractivity contribution in [1.82, 2.24) is 9.88 Å². The van der Waals surface area contributed by atoms with Crippen molar-refractivity contribution < 1.29 is 4.74 Å². The van der Waals surface area contributed by atoms with Crippen molar-refractivity contribution in [2.24, 2.45) is 0 Å². The molecule has 0 aliphatic carbocycles. The molecule has 2 heterocycles. The van der Waals surface area contributed by atoms with Gasteiger partial charge in [0.15, 0.2) is 5.43 Å². The van der Waals surface area contributed by atoms with Crippen molar-refractivity contribution in [2.45, 2.75) is 46.2 Å². The van der Waals surface area contributed by atoms with Gasteiger partial charge in [0.05, 0.1) is 6.61 Å². The number of H-pyrrole nitrogens is 1. The first-order valence-corrected chi connectivity index (χ1v) is 7.13. The van der Waals surface area contributed by atoms with Crippen LogP contribution in [0.1, 0.15) is 36.6 Å². The first-order chi connectivity index (χ1) is 9.13. The molecule has 0 aromatic carbocycles. The van der Waals surface area contributed by atoms with E-state index in [9.17, 15) is 4.79 Å². The Labute approximate surface area is 114 Å². The smallest absolute Gasteiger partial charge is 0.187 e. The van der Waals surface area contributed by atoms with Gasteiger partial charge in [-0.3, -0.25) is 9.69 Å². The molecule has 0 unspecified atom stereocenters. The van der Waals surface area contributed by atoms with Crippen molar-refractivity contribution in [3.8, 4) is 0 Å². The maximum absolute atomic E-state index is 12.0. The maximum atomic E-state index is 12.0. The molecule has 1 aromatic heterocycles.